The number of nitrogens with two attached hydrogens (primary N) is 1. The van der Waals surface area contributed by atoms with Gasteiger partial charge in [-0.3, -0.25) is 0 Å². The lowest BCUT2D eigenvalue weighted by molar-refractivity contribution is 0.257. The maximum atomic E-state index is 5.67. The second kappa shape index (κ2) is 7.26. The molecule has 0 spiro atoms. The minimum absolute atomic E-state index is 0.713. The second-order valence-corrected chi connectivity index (χ2v) is 5.93. The molecule has 0 fully saturated rings. The van der Waals surface area contributed by atoms with Crippen molar-refractivity contribution in [1.29, 1.82) is 0 Å². The maximum Gasteiger partial charge on any atom is 0.119 e. The lowest BCUT2D eigenvalue weighted by Gasteiger charge is -2.15. The van der Waals surface area contributed by atoms with E-state index in [1.54, 1.807) is 11.3 Å². The van der Waals surface area contributed by atoms with Crippen molar-refractivity contribution in [1.82, 2.24) is 9.88 Å². The summed E-state index contributed by atoms with van der Waals surface area (Å²) < 4.78 is 5.67. The third-order valence-corrected chi connectivity index (χ3v) is 3.75. The topological polar surface area (TPSA) is 51.4 Å². The first kappa shape index (κ1) is 14.8. The van der Waals surface area contributed by atoms with Gasteiger partial charge in [-0.25, -0.2) is 4.98 Å². The highest BCUT2D eigenvalue weighted by Crippen LogP contribution is 2.13. The smallest absolute Gasteiger partial charge is 0.119 e. The molecule has 2 N–H and O–H groups in total. The fraction of sp³-hybridized carbons (Fsp3) is 0.400. The van der Waals surface area contributed by atoms with Gasteiger partial charge in [-0.1, -0.05) is 0 Å². The zero-order valence-electron chi connectivity index (χ0n) is 12.0. The summed E-state index contributed by atoms with van der Waals surface area (Å²) in [5.41, 5.74) is 7.54. The predicted octanol–water partition coefficient (Wildman–Crippen LogP) is 2.93. The van der Waals surface area contributed by atoms with Crippen molar-refractivity contribution in [3.63, 3.8) is 0 Å². The van der Waals surface area contributed by atoms with Crippen LogP contribution in [0.2, 0.25) is 0 Å². The number of hydrogen-bond acceptors (Lipinski definition) is 5. The monoisotopic (exact) mass is 291 g/mol. The summed E-state index contributed by atoms with van der Waals surface area (Å²) >= 11 is 1.70. The standard InChI is InChI=1S/C15H21N3OS/c1-12-17-14(11-20-12)10-18(2)8-3-9-19-15-6-4-13(16)5-7-15/h4-7,11H,3,8-10,16H2,1-2H3. The average Bonchev–Trinajstić information content (AvgIpc) is 2.82. The van der Waals surface area contributed by atoms with Crippen LogP contribution in [0, 0.1) is 6.92 Å². The Kier molecular flexibility index (Phi) is 5.38. The van der Waals surface area contributed by atoms with Gasteiger partial charge in [0.2, 0.25) is 0 Å². The normalized spacial score (nSPS) is 10.9. The minimum Gasteiger partial charge on any atom is -0.494 e. The van der Waals surface area contributed by atoms with Crippen molar-refractivity contribution in [3.8, 4) is 5.75 Å². The van der Waals surface area contributed by atoms with Gasteiger partial charge in [-0.05, 0) is 44.7 Å². The Bertz CT molecular complexity index is 524. The van der Waals surface area contributed by atoms with E-state index in [0.29, 0.717) is 6.61 Å². The van der Waals surface area contributed by atoms with Crippen LogP contribution in [0.3, 0.4) is 0 Å². The molecule has 0 saturated carbocycles. The van der Waals surface area contributed by atoms with Gasteiger partial charge in [0, 0.05) is 24.2 Å². The third-order valence-electron chi connectivity index (χ3n) is 2.93. The van der Waals surface area contributed by atoms with Crippen LogP contribution in [-0.2, 0) is 6.54 Å². The molecule has 108 valence electrons. The van der Waals surface area contributed by atoms with E-state index in [9.17, 15) is 0 Å². The van der Waals surface area contributed by atoms with Crippen molar-refractivity contribution in [3.05, 3.63) is 40.3 Å². The number of thiazole rings is 1. The van der Waals surface area contributed by atoms with Gasteiger partial charge in [0.25, 0.3) is 0 Å². The lowest BCUT2D eigenvalue weighted by atomic mass is 10.3. The van der Waals surface area contributed by atoms with E-state index in [2.05, 4.69) is 22.3 Å². The van der Waals surface area contributed by atoms with E-state index in [-0.39, 0.29) is 0 Å². The number of nitrogen functional groups attached to an aromatic ring is 1. The Labute approximate surface area is 124 Å². The molecule has 0 atom stereocenters. The largest absolute Gasteiger partial charge is 0.494 e. The molecule has 0 bridgehead atoms. The first-order valence-corrected chi connectivity index (χ1v) is 7.59. The molecule has 0 aliphatic rings. The number of aryl methyl sites for hydroxylation is 1. The molecule has 0 saturated heterocycles. The Balaban J connectivity index is 1.64. The van der Waals surface area contributed by atoms with E-state index in [4.69, 9.17) is 10.5 Å². The molecule has 2 aromatic rings. The van der Waals surface area contributed by atoms with Crippen LogP contribution in [0.1, 0.15) is 17.1 Å². The molecule has 0 radical (unpaired) electrons. The molecule has 1 aromatic heterocycles. The molecule has 2 rings (SSSR count). The van der Waals surface area contributed by atoms with Gasteiger partial charge in [0.15, 0.2) is 0 Å². The summed E-state index contributed by atoms with van der Waals surface area (Å²) in [5.74, 6) is 0.872. The van der Waals surface area contributed by atoms with E-state index in [1.807, 2.05) is 31.2 Å². The van der Waals surface area contributed by atoms with Crippen LogP contribution < -0.4 is 10.5 Å². The summed E-state index contributed by atoms with van der Waals surface area (Å²) in [6.07, 6.45) is 0.990. The highest BCUT2D eigenvalue weighted by atomic mass is 32.1. The van der Waals surface area contributed by atoms with Gasteiger partial charge >= 0.3 is 0 Å². The fourth-order valence-electron chi connectivity index (χ4n) is 1.93. The molecule has 0 unspecified atom stereocenters. The highest BCUT2D eigenvalue weighted by Gasteiger charge is 2.03. The summed E-state index contributed by atoms with van der Waals surface area (Å²) in [5, 5.41) is 3.25. The summed E-state index contributed by atoms with van der Waals surface area (Å²) in [6.45, 7) is 4.64. The SMILES string of the molecule is Cc1nc(CN(C)CCCOc2ccc(N)cc2)cs1. The third kappa shape index (κ3) is 4.83. The van der Waals surface area contributed by atoms with Crippen molar-refractivity contribution in [2.75, 3.05) is 25.9 Å². The van der Waals surface area contributed by atoms with E-state index in [1.165, 1.54) is 0 Å². The number of aromatic nitrogens is 1. The Morgan fingerprint density at radius 3 is 2.70 bits per heavy atom. The molecule has 0 aliphatic heterocycles. The van der Waals surface area contributed by atoms with Gasteiger partial charge in [0.05, 0.1) is 17.3 Å². The molecule has 0 aliphatic carbocycles. The van der Waals surface area contributed by atoms with Crippen LogP contribution in [0.4, 0.5) is 5.69 Å². The zero-order valence-corrected chi connectivity index (χ0v) is 12.8. The molecular formula is C15H21N3OS. The fourth-order valence-corrected chi connectivity index (χ4v) is 2.53. The number of ether oxygens (including phenoxy) is 1. The number of benzene rings is 1. The first-order chi connectivity index (χ1) is 9.63. The Morgan fingerprint density at radius 1 is 1.30 bits per heavy atom. The van der Waals surface area contributed by atoms with E-state index >= 15 is 0 Å². The van der Waals surface area contributed by atoms with Crippen LogP contribution in [-0.4, -0.2) is 30.1 Å². The van der Waals surface area contributed by atoms with E-state index in [0.717, 1.165) is 41.6 Å². The van der Waals surface area contributed by atoms with E-state index < -0.39 is 0 Å². The van der Waals surface area contributed by atoms with Crippen molar-refractivity contribution >= 4 is 17.0 Å². The second-order valence-electron chi connectivity index (χ2n) is 4.87. The molecule has 0 amide bonds. The van der Waals surface area contributed by atoms with Crippen molar-refractivity contribution in [2.45, 2.75) is 19.9 Å². The van der Waals surface area contributed by atoms with Crippen LogP contribution in [0.15, 0.2) is 29.6 Å². The Hall–Kier alpha value is -1.59. The number of anilines is 1. The van der Waals surface area contributed by atoms with Crippen LogP contribution >= 0.6 is 11.3 Å². The molecule has 4 nitrogen and oxygen atoms in total. The summed E-state index contributed by atoms with van der Waals surface area (Å²) in [7, 11) is 2.11. The quantitative estimate of drug-likeness (QED) is 0.629. The number of hydrogen-bond donors (Lipinski definition) is 1. The highest BCUT2D eigenvalue weighted by molar-refractivity contribution is 7.09. The van der Waals surface area contributed by atoms with Gasteiger partial charge < -0.3 is 15.4 Å². The molecule has 1 aromatic carbocycles. The molecule has 20 heavy (non-hydrogen) atoms. The summed E-state index contributed by atoms with van der Waals surface area (Å²) in [6, 6.07) is 7.51. The van der Waals surface area contributed by atoms with Gasteiger partial charge in [-0.2, -0.15) is 0 Å². The predicted molar refractivity (Wildman–Crippen MR) is 84.2 cm³/mol. The van der Waals surface area contributed by atoms with Gasteiger partial charge in [0.1, 0.15) is 5.75 Å². The maximum absolute atomic E-state index is 5.67. The van der Waals surface area contributed by atoms with Crippen molar-refractivity contribution in [2.24, 2.45) is 0 Å². The molecule has 5 heteroatoms. The molecule has 1 heterocycles. The lowest BCUT2D eigenvalue weighted by Crippen LogP contribution is -2.21. The zero-order chi connectivity index (χ0) is 14.4. The van der Waals surface area contributed by atoms with Crippen LogP contribution in [0.25, 0.3) is 0 Å². The number of rotatable bonds is 7. The Morgan fingerprint density at radius 2 is 2.05 bits per heavy atom. The number of nitrogens with zero attached hydrogens (tertiary/aromatic N) is 2. The van der Waals surface area contributed by atoms with Crippen molar-refractivity contribution < 1.29 is 4.74 Å². The molecular weight excluding hydrogens is 270 g/mol. The van der Waals surface area contributed by atoms with Gasteiger partial charge in [-0.15, -0.1) is 11.3 Å². The first-order valence-electron chi connectivity index (χ1n) is 6.71. The average molecular weight is 291 g/mol. The summed E-state index contributed by atoms with van der Waals surface area (Å²) in [4.78, 5) is 6.73. The minimum atomic E-state index is 0.713. The van der Waals surface area contributed by atoms with Crippen LogP contribution in [0.5, 0.6) is 5.75 Å².